The molecule has 140 valence electrons. The average molecular weight is 396 g/mol. The maximum atomic E-state index is 12.7. The number of amides is 1. The van der Waals surface area contributed by atoms with E-state index in [2.05, 4.69) is 4.90 Å². The second kappa shape index (κ2) is 6.87. The lowest BCUT2D eigenvalue weighted by Gasteiger charge is -2.37. The molecule has 0 bridgehead atoms. The minimum absolute atomic E-state index is 0.0844. The van der Waals surface area contributed by atoms with Crippen molar-refractivity contribution in [2.75, 3.05) is 37.7 Å². The summed E-state index contributed by atoms with van der Waals surface area (Å²) in [6.45, 7) is 3.07. The summed E-state index contributed by atoms with van der Waals surface area (Å²) in [5, 5.41) is 1.64. The zero-order valence-electron chi connectivity index (χ0n) is 14.5. The highest BCUT2D eigenvalue weighted by Gasteiger charge is 2.34. The number of aromatic nitrogens is 1. The normalized spacial score (nSPS) is 23.6. The van der Waals surface area contributed by atoms with Gasteiger partial charge in [-0.25, -0.2) is 8.42 Å². The number of hydrogen-bond donors (Lipinski definition) is 0. The SMILES string of the molecule is O=C(Cn1ccc2c(Cl)cccc21)N1CCN([C@@H]2CCS(=O)(=O)C2)CC1. The molecule has 6 nitrogen and oxygen atoms in total. The van der Waals surface area contributed by atoms with E-state index in [0.717, 1.165) is 24.0 Å². The van der Waals surface area contributed by atoms with Gasteiger partial charge >= 0.3 is 0 Å². The first kappa shape index (κ1) is 17.8. The Morgan fingerprint density at radius 1 is 1.15 bits per heavy atom. The first-order chi connectivity index (χ1) is 12.4. The molecule has 8 heteroatoms. The van der Waals surface area contributed by atoms with Crippen LogP contribution in [-0.2, 0) is 21.2 Å². The topological polar surface area (TPSA) is 62.6 Å². The molecule has 2 aliphatic rings. The van der Waals surface area contributed by atoms with E-state index >= 15 is 0 Å². The minimum Gasteiger partial charge on any atom is -0.339 e. The van der Waals surface area contributed by atoms with Crippen LogP contribution in [0.15, 0.2) is 30.5 Å². The molecular weight excluding hydrogens is 374 g/mol. The molecule has 0 radical (unpaired) electrons. The van der Waals surface area contributed by atoms with Gasteiger partial charge in [-0.3, -0.25) is 9.69 Å². The van der Waals surface area contributed by atoms with Gasteiger partial charge in [-0.2, -0.15) is 0 Å². The summed E-state index contributed by atoms with van der Waals surface area (Å²) in [7, 11) is -2.87. The maximum absolute atomic E-state index is 12.7. The van der Waals surface area contributed by atoms with Gasteiger partial charge in [0.05, 0.1) is 11.5 Å². The van der Waals surface area contributed by atoms with Crippen molar-refractivity contribution in [3.8, 4) is 0 Å². The fourth-order valence-corrected chi connectivity index (χ4v) is 5.96. The van der Waals surface area contributed by atoms with Gasteiger partial charge in [0.25, 0.3) is 0 Å². The first-order valence-electron chi connectivity index (χ1n) is 8.88. The summed E-state index contributed by atoms with van der Waals surface area (Å²) in [6, 6.07) is 7.75. The third kappa shape index (κ3) is 3.48. The lowest BCUT2D eigenvalue weighted by molar-refractivity contribution is -0.133. The van der Waals surface area contributed by atoms with Gasteiger partial charge in [-0.15, -0.1) is 0 Å². The summed E-state index contributed by atoms with van der Waals surface area (Å²) < 4.78 is 25.3. The van der Waals surface area contributed by atoms with Gasteiger partial charge in [0.15, 0.2) is 9.84 Å². The summed E-state index contributed by atoms with van der Waals surface area (Å²) >= 11 is 6.20. The van der Waals surface area contributed by atoms with Crippen LogP contribution in [0.2, 0.25) is 5.02 Å². The third-order valence-electron chi connectivity index (χ3n) is 5.46. The molecule has 0 unspecified atom stereocenters. The van der Waals surface area contributed by atoms with Crippen LogP contribution in [0.5, 0.6) is 0 Å². The van der Waals surface area contributed by atoms with E-state index in [1.54, 1.807) is 0 Å². The van der Waals surface area contributed by atoms with E-state index in [1.807, 2.05) is 39.9 Å². The number of rotatable bonds is 3. The number of sulfone groups is 1. The standard InChI is InChI=1S/C18H22ClN3O3S/c19-16-2-1-3-17-15(16)4-6-22(17)12-18(23)21-9-7-20(8-10-21)14-5-11-26(24,25)13-14/h1-4,6,14H,5,7-13H2/t14-/m1/s1. The van der Waals surface area contributed by atoms with Gasteiger partial charge in [0.2, 0.25) is 5.91 Å². The molecule has 0 aliphatic carbocycles. The number of carbonyl (C=O) groups is 1. The van der Waals surface area contributed by atoms with Crippen LogP contribution in [0.4, 0.5) is 0 Å². The number of halogens is 1. The fourth-order valence-electron chi connectivity index (χ4n) is 3.97. The number of hydrogen-bond acceptors (Lipinski definition) is 4. The van der Waals surface area contributed by atoms with Crippen LogP contribution in [-0.4, -0.2) is 72.4 Å². The molecule has 2 aliphatic heterocycles. The van der Waals surface area contributed by atoms with Crippen molar-refractivity contribution in [1.29, 1.82) is 0 Å². The number of nitrogens with zero attached hydrogens (tertiary/aromatic N) is 3. The second-order valence-electron chi connectivity index (χ2n) is 7.09. The summed E-state index contributed by atoms with van der Waals surface area (Å²) in [4.78, 5) is 16.8. The van der Waals surface area contributed by atoms with E-state index in [9.17, 15) is 13.2 Å². The Morgan fingerprint density at radius 3 is 2.62 bits per heavy atom. The molecule has 0 N–H and O–H groups in total. The fraction of sp³-hybridized carbons (Fsp3) is 0.500. The van der Waals surface area contributed by atoms with Crippen molar-refractivity contribution in [3.05, 3.63) is 35.5 Å². The lowest BCUT2D eigenvalue weighted by Crippen LogP contribution is -2.52. The number of piperazine rings is 1. The highest BCUT2D eigenvalue weighted by atomic mass is 35.5. The van der Waals surface area contributed by atoms with Crippen LogP contribution in [0.1, 0.15) is 6.42 Å². The third-order valence-corrected chi connectivity index (χ3v) is 7.54. The summed E-state index contributed by atoms with van der Waals surface area (Å²) in [5.74, 6) is 0.637. The molecule has 1 atom stereocenters. The molecular formula is C18H22ClN3O3S. The molecule has 1 aromatic carbocycles. The van der Waals surface area contributed by atoms with Gasteiger partial charge in [0.1, 0.15) is 6.54 Å². The highest BCUT2D eigenvalue weighted by molar-refractivity contribution is 7.91. The van der Waals surface area contributed by atoms with E-state index < -0.39 is 9.84 Å². The second-order valence-corrected chi connectivity index (χ2v) is 9.73. The molecule has 2 fully saturated rings. The Morgan fingerprint density at radius 2 is 1.92 bits per heavy atom. The molecule has 0 spiro atoms. The molecule has 26 heavy (non-hydrogen) atoms. The largest absolute Gasteiger partial charge is 0.339 e. The molecule has 1 aromatic heterocycles. The van der Waals surface area contributed by atoms with Gasteiger partial charge in [-0.05, 0) is 24.6 Å². The summed E-state index contributed by atoms with van der Waals surface area (Å²) in [5.41, 5.74) is 0.959. The lowest BCUT2D eigenvalue weighted by atomic mass is 10.2. The summed E-state index contributed by atoms with van der Waals surface area (Å²) in [6.07, 6.45) is 2.61. The van der Waals surface area contributed by atoms with Gasteiger partial charge in [-0.1, -0.05) is 17.7 Å². The van der Waals surface area contributed by atoms with E-state index in [-0.39, 0.29) is 17.7 Å². The Labute approximate surface area is 158 Å². The highest BCUT2D eigenvalue weighted by Crippen LogP contribution is 2.24. The molecule has 2 aromatic rings. The Hall–Kier alpha value is -1.57. The number of benzene rings is 1. The zero-order valence-corrected chi connectivity index (χ0v) is 16.0. The monoisotopic (exact) mass is 395 g/mol. The Kier molecular flexibility index (Phi) is 4.71. The van der Waals surface area contributed by atoms with Crippen molar-refractivity contribution in [3.63, 3.8) is 0 Å². The van der Waals surface area contributed by atoms with Gasteiger partial charge in [0, 0.05) is 54.3 Å². The van der Waals surface area contributed by atoms with E-state index in [0.29, 0.717) is 36.8 Å². The molecule has 1 amide bonds. The van der Waals surface area contributed by atoms with Crippen molar-refractivity contribution in [1.82, 2.24) is 14.4 Å². The van der Waals surface area contributed by atoms with Crippen LogP contribution in [0.25, 0.3) is 10.9 Å². The van der Waals surface area contributed by atoms with Crippen molar-refractivity contribution < 1.29 is 13.2 Å². The predicted molar refractivity (Wildman–Crippen MR) is 102 cm³/mol. The Bertz CT molecular complexity index is 932. The van der Waals surface area contributed by atoms with Gasteiger partial charge < -0.3 is 9.47 Å². The van der Waals surface area contributed by atoms with Crippen LogP contribution in [0.3, 0.4) is 0 Å². The maximum Gasteiger partial charge on any atom is 0.242 e. The van der Waals surface area contributed by atoms with Crippen LogP contribution in [0, 0.1) is 0 Å². The zero-order chi connectivity index (χ0) is 18.3. The van der Waals surface area contributed by atoms with Crippen LogP contribution < -0.4 is 0 Å². The minimum atomic E-state index is -2.87. The van der Waals surface area contributed by atoms with Crippen molar-refractivity contribution in [2.45, 2.75) is 19.0 Å². The Balaban J connectivity index is 1.37. The first-order valence-corrected chi connectivity index (χ1v) is 11.1. The van der Waals surface area contributed by atoms with Crippen molar-refractivity contribution >= 4 is 38.2 Å². The van der Waals surface area contributed by atoms with Crippen molar-refractivity contribution in [2.24, 2.45) is 0 Å². The molecule has 4 rings (SSSR count). The quantitative estimate of drug-likeness (QED) is 0.792. The van der Waals surface area contributed by atoms with Crippen LogP contribution >= 0.6 is 11.6 Å². The van der Waals surface area contributed by atoms with E-state index in [4.69, 9.17) is 11.6 Å². The molecule has 3 heterocycles. The van der Waals surface area contributed by atoms with E-state index in [1.165, 1.54) is 0 Å². The number of carbonyl (C=O) groups excluding carboxylic acids is 1. The predicted octanol–water partition coefficient (Wildman–Crippen LogP) is 1.63. The molecule has 0 saturated carbocycles. The molecule has 2 saturated heterocycles. The average Bonchev–Trinajstić information content (AvgIpc) is 3.19. The smallest absolute Gasteiger partial charge is 0.242 e. The number of fused-ring (bicyclic) bond motifs is 1.